The molecule has 1 unspecified atom stereocenters. The Labute approximate surface area is 140 Å². The van der Waals surface area contributed by atoms with Gasteiger partial charge in [-0.2, -0.15) is 0 Å². The third-order valence-corrected chi connectivity index (χ3v) is 5.08. The van der Waals surface area contributed by atoms with Crippen molar-refractivity contribution in [3.8, 4) is 12.3 Å². The zero-order valence-electron chi connectivity index (χ0n) is 13.1. The van der Waals surface area contributed by atoms with Crippen molar-refractivity contribution in [1.29, 1.82) is 0 Å². The maximum Gasteiger partial charge on any atom is 0.340 e. The van der Waals surface area contributed by atoms with E-state index in [0.717, 1.165) is 16.9 Å². The van der Waals surface area contributed by atoms with Gasteiger partial charge < -0.3 is 4.74 Å². The lowest BCUT2D eigenvalue weighted by atomic mass is 9.80. The van der Waals surface area contributed by atoms with Crippen molar-refractivity contribution in [2.24, 2.45) is 0 Å². The predicted octanol–water partition coefficient (Wildman–Crippen LogP) is 4.02. The number of hydrogen-bond donors (Lipinski definition) is 0. The van der Waals surface area contributed by atoms with Gasteiger partial charge in [0.2, 0.25) is 0 Å². The van der Waals surface area contributed by atoms with E-state index in [1.165, 1.54) is 11.8 Å². The lowest BCUT2D eigenvalue weighted by Gasteiger charge is -2.36. The van der Waals surface area contributed by atoms with E-state index in [9.17, 15) is 4.79 Å². The minimum atomic E-state index is -0.338. The second kappa shape index (κ2) is 6.10. The van der Waals surface area contributed by atoms with E-state index in [0.29, 0.717) is 5.56 Å². The number of thioether (sulfide) groups is 1. The number of rotatable bonds is 2. The smallest absolute Gasteiger partial charge is 0.340 e. The largest absolute Gasteiger partial charge is 0.447 e. The van der Waals surface area contributed by atoms with E-state index < -0.39 is 0 Å². The highest BCUT2D eigenvalue weighted by Gasteiger charge is 2.35. The number of terminal acetylenes is 1. The Kier molecular flexibility index (Phi) is 4.14. The summed E-state index contributed by atoms with van der Waals surface area (Å²) in [5, 5.41) is 0. The fraction of sp³-hybridized carbons (Fsp3) is 0.263. The molecule has 0 aliphatic carbocycles. The molecule has 0 fully saturated rings. The normalized spacial score (nSPS) is 18.6. The summed E-state index contributed by atoms with van der Waals surface area (Å²) in [6.45, 7) is 4.30. The molecule has 0 amide bonds. The van der Waals surface area contributed by atoms with Gasteiger partial charge in [-0.25, -0.2) is 4.79 Å². The minimum absolute atomic E-state index is 0.104. The average Bonchev–Trinajstić information content (AvgIpc) is 2.55. The monoisotopic (exact) mass is 323 g/mol. The number of carbonyl (C=O) groups excluding carboxylic acids is 1. The molecule has 1 aromatic heterocycles. The lowest BCUT2D eigenvalue weighted by Crippen LogP contribution is -2.31. The molecule has 23 heavy (non-hydrogen) atoms. The summed E-state index contributed by atoms with van der Waals surface area (Å²) in [6.07, 6.45) is 9.39. The van der Waals surface area contributed by atoms with Crippen LogP contribution in [-0.4, -0.2) is 16.4 Å². The molecule has 1 aromatic carbocycles. The van der Waals surface area contributed by atoms with E-state index in [2.05, 4.69) is 30.8 Å². The molecular weight excluding hydrogens is 306 g/mol. The molecule has 0 saturated carbocycles. The fourth-order valence-electron chi connectivity index (χ4n) is 2.70. The maximum absolute atomic E-state index is 12.2. The highest BCUT2D eigenvalue weighted by molar-refractivity contribution is 7.99. The average molecular weight is 323 g/mol. The standard InChI is InChI=1S/C19H17NO2S/c1-4-13-7-8-16-15(10-13)19(2,3)11-17(23-16)22-18(21)14-6-5-9-20-12-14/h1,5-10,12,17H,11H2,2-3H3. The molecule has 3 nitrogen and oxygen atoms in total. The molecular formula is C19H17NO2S. The molecule has 1 atom stereocenters. The van der Waals surface area contributed by atoms with Gasteiger partial charge in [-0.3, -0.25) is 4.98 Å². The Hall–Kier alpha value is -2.25. The topological polar surface area (TPSA) is 39.2 Å². The van der Waals surface area contributed by atoms with Crippen LogP contribution in [0.25, 0.3) is 0 Å². The number of carbonyl (C=O) groups is 1. The zero-order chi connectivity index (χ0) is 16.4. The first-order valence-corrected chi connectivity index (χ1v) is 8.26. The summed E-state index contributed by atoms with van der Waals surface area (Å²) < 4.78 is 5.67. The van der Waals surface area contributed by atoms with Gasteiger partial charge in [0.05, 0.1) is 5.56 Å². The van der Waals surface area contributed by atoms with Crippen LogP contribution in [0.3, 0.4) is 0 Å². The summed E-state index contributed by atoms with van der Waals surface area (Å²) in [7, 11) is 0. The van der Waals surface area contributed by atoms with Crippen molar-refractivity contribution in [2.75, 3.05) is 0 Å². The summed E-state index contributed by atoms with van der Waals surface area (Å²) in [6, 6.07) is 9.43. The highest BCUT2D eigenvalue weighted by Crippen LogP contribution is 2.46. The Morgan fingerprint density at radius 3 is 2.96 bits per heavy atom. The van der Waals surface area contributed by atoms with Crippen LogP contribution in [0.15, 0.2) is 47.6 Å². The lowest BCUT2D eigenvalue weighted by molar-refractivity contribution is 0.0415. The Morgan fingerprint density at radius 1 is 1.43 bits per heavy atom. The van der Waals surface area contributed by atoms with E-state index >= 15 is 0 Å². The molecule has 2 heterocycles. The number of aromatic nitrogens is 1. The quantitative estimate of drug-likeness (QED) is 0.618. The zero-order valence-corrected chi connectivity index (χ0v) is 13.9. The third-order valence-electron chi connectivity index (χ3n) is 3.95. The summed E-state index contributed by atoms with van der Waals surface area (Å²) in [5.74, 6) is 2.34. The van der Waals surface area contributed by atoms with E-state index in [-0.39, 0.29) is 16.8 Å². The molecule has 0 N–H and O–H groups in total. The number of esters is 1. The molecule has 0 spiro atoms. The van der Waals surface area contributed by atoms with E-state index in [1.807, 2.05) is 12.1 Å². The van der Waals surface area contributed by atoms with Crippen molar-refractivity contribution >= 4 is 17.7 Å². The first-order chi connectivity index (χ1) is 11.0. The van der Waals surface area contributed by atoms with Crippen LogP contribution < -0.4 is 0 Å². The van der Waals surface area contributed by atoms with Crippen molar-refractivity contribution in [3.63, 3.8) is 0 Å². The summed E-state index contributed by atoms with van der Waals surface area (Å²) >= 11 is 1.57. The first kappa shape index (κ1) is 15.6. The molecule has 0 saturated heterocycles. The van der Waals surface area contributed by atoms with Crippen molar-refractivity contribution in [1.82, 2.24) is 4.98 Å². The van der Waals surface area contributed by atoms with Crippen LogP contribution in [0, 0.1) is 12.3 Å². The fourth-order valence-corrected chi connectivity index (χ4v) is 4.23. The molecule has 1 aliphatic rings. The molecule has 3 rings (SSSR count). The van der Waals surface area contributed by atoms with Gasteiger partial charge in [0.25, 0.3) is 0 Å². The van der Waals surface area contributed by atoms with Crippen LogP contribution in [0.1, 0.15) is 41.8 Å². The molecule has 0 radical (unpaired) electrons. The number of nitrogens with zero attached hydrogens (tertiary/aromatic N) is 1. The summed E-state index contributed by atoms with van der Waals surface area (Å²) in [5.41, 5.74) is 2.24. The Balaban J connectivity index is 1.82. The minimum Gasteiger partial charge on any atom is -0.447 e. The summed E-state index contributed by atoms with van der Waals surface area (Å²) in [4.78, 5) is 17.3. The molecule has 2 aromatic rings. The first-order valence-electron chi connectivity index (χ1n) is 7.38. The molecule has 1 aliphatic heterocycles. The van der Waals surface area contributed by atoms with Gasteiger partial charge in [-0.1, -0.05) is 31.5 Å². The van der Waals surface area contributed by atoms with Gasteiger partial charge in [-0.15, -0.1) is 6.42 Å². The Morgan fingerprint density at radius 2 is 2.26 bits per heavy atom. The van der Waals surface area contributed by atoms with Crippen molar-refractivity contribution in [3.05, 3.63) is 59.4 Å². The van der Waals surface area contributed by atoms with Crippen LogP contribution in [0.4, 0.5) is 0 Å². The number of hydrogen-bond acceptors (Lipinski definition) is 4. The Bertz CT molecular complexity index is 778. The predicted molar refractivity (Wildman–Crippen MR) is 91.3 cm³/mol. The van der Waals surface area contributed by atoms with Gasteiger partial charge >= 0.3 is 5.97 Å². The maximum atomic E-state index is 12.2. The van der Waals surface area contributed by atoms with Gasteiger partial charge in [0, 0.05) is 29.3 Å². The molecule has 116 valence electrons. The SMILES string of the molecule is C#Cc1ccc2c(c1)C(C)(C)CC(OC(=O)c1cccnc1)S2. The second-order valence-corrected chi connectivity index (χ2v) is 7.34. The van der Waals surface area contributed by atoms with Crippen LogP contribution in [0.2, 0.25) is 0 Å². The number of fused-ring (bicyclic) bond motifs is 1. The van der Waals surface area contributed by atoms with Gasteiger partial charge in [-0.05, 0) is 41.3 Å². The van der Waals surface area contributed by atoms with Crippen LogP contribution >= 0.6 is 11.8 Å². The molecule has 4 heteroatoms. The van der Waals surface area contributed by atoms with Gasteiger partial charge in [0.15, 0.2) is 5.44 Å². The highest BCUT2D eigenvalue weighted by atomic mass is 32.2. The number of pyridine rings is 1. The third kappa shape index (κ3) is 3.25. The second-order valence-electron chi connectivity index (χ2n) is 6.14. The van der Waals surface area contributed by atoms with Crippen molar-refractivity contribution in [2.45, 2.75) is 36.0 Å². The van der Waals surface area contributed by atoms with Crippen LogP contribution in [-0.2, 0) is 10.2 Å². The van der Waals surface area contributed by atoms with Crippen molar-refractivity contribution < 1.29 is 9.53 Å². The van der Waals surface area contributed by atoms with E-state index in [4.69, 9.17) is 11.2 Å². The molecule has 0 bridgehead atoms. The van der Waals surface area contributed by atoms with Crippen LogP contribution in [0.5, 0.6) is 0 Å². The number of benzene rings is 1. The number of ether oxygens (including phenoxy) is 1. The van der Waals surface area contributed by atoms with Gasteiger partial charge in [0.1, 0.15) is 0 Å². The van der Waals surface area contributed by atoms with E-state index in [1.54, 1.807) is 30.1 Å².